The predicted octanol–water partition coefficient (Wildman–Crippen LogP) is 6.66. The number of carbonyl (C=O) groups is 1. The molecule has 0 aromatic heterocycles. The van der Waals surface area contributed by atoms with Crippen LogP contribution in [0.1, 0.15) is 104 Å². The van der Waals surface area contributed by atoms with Gasteiger partial charge in [-0.2, -0.15) is 0 Å². The number of carboxylic acids is 1. The van der Waals surface area contributed by atoms with E-state index in [1.807, 2.05) is 0 Å². The average Bonchev–Trinajstić information content (AvgIpc) is 2.59. The summed E-state index contributed by atoms with van der Waals surface area (Å²) >= 11 is 0. The number of hydrogen-bond donors (Lipinski definition) is 2. The van der Waals surface area contributed by atoms with E-state index >= 15 is 0 Å². The molecule has 0 bridgehead atoms. The van der Waals surface area contributed by atoms with Crippen molar-refractivity contribution >= 4 is 5.97 Å². The third kappa shape index (κ3) is 28.0. The van der Waals surface area contributed by atoms with Gasteiger partial charge in [0.25, 0.3) is 0 Å². The lowest BCUT2D eigenvalue weighted by molar-refractivity contribution is -0.132. The standard InChI is InChI=1S/C18H36O.C4H6O2/c1-2-3-4-5-6-7-8-9-10-11-12-13-14-15-16-17-18-19;1-3(2)4(5)6/h9-10,19H,2-8,11-18H2,1H3;1H2,2H3,(H,5,6)/b10-9-;. The number of hydrogen-bond acceptors (Lipinski definition) is 2. The number of aliphatic hydroxyl groups is 1. The fourth-order valence-electron chi connectivity index (χ4n) is 2.36. The molecule has 0 atom stereocenters. The SMILES string of the molecule is C=C(C)C(=O)O.CCCCCCCC/C=C\CCCCCCCCO. The second-order valence-corrected chi connectivity index (χ2v) is 6.75. The van der Waals surface area contributed by atoms with Crippen LogP contribution in [-0.4, -0.2) is 22.8 Å². The van der Waals surface area contributed by atoms with Crippen LogP contribution in [0.5, 0.6) is 0 Å². The molecule has 0 saturated carbocycles. The zero-order valence-electron chi connectivity index (χ0n) is 16.8. The molecular formula is C22H42O3. The van der Waals surface area contributed by atoms with Crippen LogP contribution in [-0.2, 0) is 4.79 Å². The molecule has 0 aliphatic rings. The van der Waals surface area contributed by atoms with Crippen LogP contribution in [0.25, 0.3) is 0 Å². The van der Waals surface area contributed by atoms with Crippen LogP contribution < -0.4 is 0 Å². The van der Waals surface area contributed by atoms with Gasteiger partial charge in [0.05, 0.1) is 0 Å². The van der Waals surface area contributed by atoms with Gasteiger partial charge in [-0.15, -0.1) is 0 Å². The van der Waals surface area contributed by atoms with Crippen molar-refractivity contribution in [3.8, 4) is 0 Å². The maximum atomic E-state index is 9.60. The summed E-state index contributed by atoms with van der Waals surface area (Å²) in [5.41, 5.74) is 0.176. The maximum Gasteiger partial charge on any atom is 0.330 e. The molecule has 0 fully saturated rings. The minimum Gasteiger partial charge on any atom is -0.478 e. The van der Waals surface area contributed by atoms with Crippen molar-refractivity contribution in [2.75, 3.05) is 6.61 Å². The van der Waals surface area contributed by atoms with E-state index in [0.29, 0.717) is 6.61 Å². The minimum atomic E-state index is -0.935. The van der Waals surface area contributed by atoms with Crippen molar-refractivity contribution in [3.63, 3.8) is 0 Å². The molecule has 0 rings (SSSR count). The van der Waals surface area contributed by atoms with Crippen LogP contribution in [0.15, 0.2) is 24.3 Å². The molecule has 0 spiro atoms. The van der Waals surface area contributed by atoms with Gasteiger partial charge in [-0.3, -0.25) is 0 Å². The van der Waals surface area contributed by atoms with E-state index in [9.17, 15) is 4.79 Å². The lowest BCUT2D eigenvalue weighted by Gasteiger charge is -1.99. The minimum absolute atomic E-state index is 0.176. The van der Waals surface area contributed by atoms with Crippen molar-refractivity contribution < 1.29 is 15.0 Å². The molecule has 3 heteroatoms. The Morgan fingerprint density at radius 1 is 0.800 bits per heavy atom. The van der Waals surface area contributed by atoms with Crippen LogP contribution >= 0.6 is 0 Å². The van der Waals surface area contributed by atoms with Crippen molar-refractivity contribution in [1.82, 2.24) is 0 Å². The van der Waals surface area contributed by atoms with E-state index in [2.05, 4.69) is 25.7 Å². The highest BCUT2D eigenvalue weighted by atomic mass is 16.4. The highest BCUT2D eigenvalue weighted by Crippen LogP contribution is 2.09. The van der Waals surface area contributed by atoms with Gasteiger partial charge >= 0.3 is 5.97 Å². The highest BCUT2D eigenvalue weighted by Gasteiger charge is 1.91. The summed E-state index contributed by atoms with van der Waals surface area (Å²) in [5, 5.41) is 16.6. The first-order valence-corrected chi connectivity index (χ1v) is 10.2. The average molecular weight is 355 g/mol. The largest absolute Gasteiger partial charge is 0.478 e. The molecule has 0 aromatic carbocycles. The number of unbranched alkanes of at least 4 members (excludes halogenated alkanes) is 12. The van der Waals surface area contributed by atoms with Gasteiger partial charge in [0.15, 0.2) is 0 Å². The van der Waals surface area contributed by atoms with Crippen molar-refractivity contribution in [3.05, 3.63) is 24.3 Å². The first-order chi connectivity index (χ1) is 12.1. The number of allylic oxidation sites excluding steroid dienone is 2. The molecule has 3 nitrogen and oxygen atoms in total. The molecule has 0 aliphatic carbocycles. The fourth-order valence-corrected chi connectivity index (χ4v) is 2.36. The Morgan fingerprint density at radius 2 is 1.16 bits per heavy atom. The second-order valence-electron chi connectivity index (χ2n) is 6.75. The third-order valence-corrected chi connectivity index (χ3v) is 4.04. The van der Waals surface area contributed by atoms with Gasteiger partial charge in [-0.25, -0.2) is 4.79 Å². The number of rotatable bonds is 16. The van der Waals surface area contributed by atoms with Gasteiger partial charge in [0.2, 0.25) is 0 Å². The fraction of sp³-hybridized carbons (Fsp3) is 0.773. The smallest absolute Gasteiger partial charge is 0.330 e. The van der Waals surface area contributed by atoms with Crippen molar-refractivity contribution in [1.29, 1.82) is 0 Å². The molecule has 25 heavy (non-hydrogen) atoms. The number of aliphatic carboxylic acids is 1. The Morgan fingerprint density at radius 3 is 1.52 bits per heavy atom. The van der Waals surface area contributed by atoms with Crippen molar-refractivity contribution in [2.45, 2.75) is 104 Å². The third-order valence-electron chi connectivity index (χ3n) is 4.04. The summed E-state index contributed by atoms with van der Waals surface area (Å²) in [4.78, 5) is 9.60. The molecule has 0 heterocycles. The molecule has 0 unspecified atom stereocenters. The van der Waals surface area contributed by atoms with Gasteiger partial charge in [0.1, 0.15) is 0 Å². The molecule has 0 aromatic rings. The summed E-state index contributed by atoms with van der Waals surface area (Å²) in [6, 6.07) is 0. The monoisotopic (exact) mass is 354 g/mol. The second kappa shape index (κ2) is 22.9. The van der Waals surface area contributed by atoms with Crippen molar-refractivity contribution in [2.24, 2.45) is 0 Å². The van der Waals surface area contributed by atoms with E-state index < -0.39 is 5.97 Å². The highest BCUT2D eigenvalue weighted by molar-refractivity contribution is 5.84. The summed E-state index contributed by atoms with van der Waals surface area (Å²) < 4.78 is 0. The van der Waals surface area contributed by atoms with Crippen LogP contribution in [0.2, 0.25) is 0 Å². The topological polar surface area (TPSA) is 57.5 Å². The lowest BCUT2D eigenvalue weighted by atomic mass is 10.1. The quantitative estimate of drug-likeness (QED) is 0.185. The zero-order valence-corrected chi connectivity index (χ0v) is 16.8. The first kappa shape index (κ1) is 26.1. The lowest BCUT2D eigenvalue weighted by Crippen LogP contribution is -1.92. The molecule has 2 N–H and O–H groups in total. The van der Waals surface area contributed by atoms with E-state index in [0.717, 1.165) is 6.42 Å². The number of aliphatic hydroxyl groups excluding tert-OH is 1. The first-order valence-electron chi connectivity index (χ1n) is 10.2. The molecule has 0 aliphatic heterocycles. The summed E-state index contributed by atoms with van der Waals surface area (Å²) in [5.74, 6) is -0.935. The van der Waals surface area contributed by atoms with E-state index in [-0.39, 0.29) is 5.57 Å². The summed E-state index contributed by atoms with van der Waals surface area (Å²) in [6.45, 7) is 7.24. The molecule has 0 amide bonds. The van der Waals surface area contributed by atoms with E-state index in [1.165, 1.54) is 90.4 Å². The van der Waals surface area contributed by atoms with Crippen LogP contribution in [0, 0.1) is 0 Å². The molecule has 0 radical (unpaired) electrons. The van der Waals surface area contributed by atoms with Gasteiger partial charge in [-0.05, 0) is 39.0 Å². The Bertz CT molecular complexity index is 309. The molecular weight excluding hydrogens is 312 g/mol. The van der Waals surface area contributed by atoms with E-state index in [1.54, 1.807) is 0 Å². The Labute approximate surface area is 156 Å². The maximum absolute atomic E-state index is 9.60. The Hall–Kier alpha value is -1.09. The van der Waals surface area contributed by atoms with Gasteiger partial charge < -0.3 is 10.2 Å². The summed E-state index contributed by atoms with van der Waals surface area (Å²) in [6.07, 6.45) is 23.2. The van der Waals surface area contributed by atoms with Crippen LogP contribution in [0.4, 0.5) is 0 Å². The predicted molar refractivity (Wildman–Crippen MR) is 109 cm³/mol. The Balaban J connectivity index is 0. The van der Waals surface area contributed by atoms with Gasteiger partial charge in [-0.1, -0.05) is 83.4 Å². The van der Waals surface area contributed by atoms with E-state index in [4.69, 9.17) is 10.2 Å². The normalized spacial score (nSPS) is 10.5. The van der Waals surface area contributed by atoms with Crippen LogP contribution in [0.3, 0.4) is 0 Å². The molecule has 0 saturated heterocycles. The van der Waals surface area contributed by atoms with Gasteiger partial charge in [0, 0.05) is 12.2 Å². The molecule has 148 valence electrons. The Kier molecular flexibility index (Phi) is 24.0. The zero-order chi connectivity index (χ0) is 19.2. The number of carboxylic acid groups (broad SMARTS) is 1. The summed E-state index contributed by atoms with van der Waals surface area (Å²) in [7, 11) is 0.